The summed E-state index contributed by atoms with van der Waals surface area (Å²) in [6.45, 7) is 1.67. The van der Waals surface area contributed by atoms with E-state index in [2.05, 4.69) is 15.4 Å². The summed E-state index contributed by atoms with van der Waals surface area (Å²) in [7, 11) is 4.68. The average Bonchev–Trinajstić information content (AvgIpc) is 2.97. The summed E-state index contributed by atoms with van der Waals surface area (Å²) in [5, 5.41) is 7.92. The van der Waals surface area contributed by atoms with Crippen molar-refractivity contribution in [3.8, 4) is 34.4 Å². The summed E-state index contributed by atoms with van der Waals surface area (Å²) in [6, 6.07) is 20.5. The number of benzene rings is 3. The number of carbonyl (C=O) groups is 1. The molecule has 0 unspecified atom stereocenters. The van der Waals surface area contributed by atoms with Crippen LogP contribution in [-0.4, -0.2) is 42.0 Å². The molecule has 10 nitrogen and oxygen atoms in total. The molecule has 0 aliphatic rings. The number of aryl methyl sites for hydroxylation is 1. The minimum Gasteiger partial charge on any atom is -0.497 e. The van der Waals surface area contributed by atoms with Gasteiger partial charge < -0.3 is 24.3 Å². The predicted molar refractivity (Wildman–Crippen MR) is 150 cm³/mol. The number of carbonyl (C=O) groups excluding carboxylic acids is 1. The zero-order chi connectivity index (χ0) is 28.2. The number of hydrogen-bond donors (Lipinski definition) is 1. The van der Waals surface area contributed by atoms with Crippen molar-refractivity contribution >= 4 is 22.5 Å². The maximum Gasteiger partial charge on any atom is 0.276 e. The summed E-state index contributed by atoms with van der Waals surface area (Å²) >= 11 is 0. The highest BCUT2D eigenvalue weighted by molar-refractivity contribution is 6.03. The van der Waals surface area contributed by atoms with Gasteiger partial charge in [-0.05, 0) is 61.0 Å². The lowest BCUT2D eigenvalue weighted by Crippen LogP contribution is -2.26. The van der Waals surface area contributed by atoms with Gasteiger partial charge in [0, 0.05) is 35.5 Å². The second-order valence-corrected chi connectivity index (χ2v) is 8.74. The Morgan fingerprint density at radius 1 is 0.825 bits per heavy atom. The second-order valence-electron chi connectivity index (χ2n) is 8.74. The zero-order valence-corrected chi connectivity index (χ0v) is 22.3. The van der Waals surface area contributed by atoms with E-state index in [-0.39, 0.29) is 11.3 Å². The van der Waals surface area contributed by atoms with E-state index in [9.17, 15) is 9.59 Å². The van der Waals surface area contributed by atoms with Crippen molar-refractivity contribution in [2.45, 2.75) is 6.92 Å². The topological polar surface area (TPSA) is 114 Å². The highest BCUT2D eigenvalue weighted by Gasteiger charge is 2.16. The number of anilines is 1. The number of hydrogen-bond acceptors (Lipinski definition) is 8. The van der Waals surface area contributed by atoms with E-state index in [1.54, 1.807) is 101 Å². The summed E-state index contributed by atoms with van der Waals surface area (Å²) in [5.41, 5.74) is 1.88. The standard InChI is InChI=1S/C30H26N4O6/c1-18-14-28(35)34(20-8-10-21(37-2)11-9-20)33-29(18)30(36)32-19-6-5-7-22(15-19)40-25-12-13-31-24-17-27(39-4)26(38-3)16-23(24)25/h5-17H,1-4H3,(H,32,36). The van der Waals surface area contributed by atoms with Crippen LogP contribution >= 0.6 is 0 Å². The summed E-state index contributed by atoms with van der Waals surface area (Å²) < 4.78 is 23.3. The smallest absolute Gasteiger partial charge is 0.276 e. The number of rotatable bonds is 8. The molecule has 0 radical (unpaired) electrons. The summed E-state index contributed by atoms with van der Waals surface area (Å²) in [6.07, 6.45) is 1.64. The van der Waals surface area contributed by atoms with Gasteiger partial charge in [-0.2, -0.15) is 9.78 Å². The average molecular weight is 539 g/mol. The van der Waals surface area contributed by atoms with Crippen LogP contribution in [0.25, 0.3) is 16.6 Å². The number of amides is 1. The van der Waals surface area contributed by atoms with Gasteiger partial charge in [0.25, 0.3) is 11.5 Å². The molecule has 5 rings (SSSR count). The number of nitrogens with one attached hydrogen (secondary N) is 1. The molecule has 1 N–H and O–H groups in total. The molecule has 2 aromatic heterocycles. The Bertz CT molecular complexity index is 1770. The van der Waals surface area contributed by atoms with Crippen LogP contribution in [0.2, 0.25) is 0 Å². The predicted octanol–water partition coefficient (Wildman–Crippen LogP) is 5.16. The minimum atomic E-state index is -0.469. The van der Waals surface area contributed by atoms with Gasteiger partial charge in [-0.25, -0.2) is 0 Å². The molecule has 0 aliphatic carbocycles. The van der Waals surface area contributed by atoms with Crippen molar-refractivity contribution in [3.05, 3.63) is 101 Å². The lowest BCUT2D eigenvalue weighted by atomic mass is 10.1. The van der Waals surface area contributed by atoms with Gasteiger partial charge in [0.2, 0.25) is 0 Å². The zero-order valence-electron chi connectivity index (χ0n) is 22.3. The fraction of sp³-hybridized carbons (Fsp3) is 0.133. The fourth-order valence-electron chi connectivity index (χ4n) is 4.17. The van der Waals surface area contributed by atoms with Crippen LogP contribution in [0, 0.1) is 6.92 Å². The molecule has 0 saturated heterocycles. The number of fused-ring (bicyclic) bond motifs is 1. The van der Waals surface area contributed by atoms with Gasteiger partial charge in [0.1, 0.15) is 17.2 Å². The molecule has 0 saturated carbocycles. The number of nitrogens with zero attached hydrogens (tertiary/aromatic N) is 3. The molecule has 40 heavy (non-hydrogen) atoms. The van der Waals surface area contributed by atoms with Crippen molar-refractivity contribution in [3.63, 3.8) is 0 Å². The molecule has 0 atom stereocenters. The van der Waals surface area contributed by atoms with E-state index < -0.39 is 5.91 Å². The Balaban J connectivity index is 1.40. The maximum absolute atomic E-state index is 13.2. The van der Waals surface area contributed by atoms with Crippen LogP contribution in [0.3, 0.4) is 0 Å². The first-order chi connectivity index (χ1) is 19.4. The normalized spacial score (nSPS) is 10.7. The van der Waals surface area contributed by atoms with Gasteiger partial charge in [0.05, 0.1) is 32.5 Å². The van der Waals surface area contributed by atoms with Crippen LogP contribution in [0.4, 0.5) is 5.69 Å². The Kier molecular flexibility index (Phi) is 7.32. The van der Waals surface area contributed by atoms with Crippen LogP contribution in [0.1, 0.15) is 16.1 Å². The molecule has 0 bridgehead atoms. The third kappa shape index (κ3) is 5.28. The van der Waals surface area contributed by atoms with Crippen LogP contribution in [0.15, 0.2) is 83.8 Å². The van der Waals surface area contributed by atoms with Gasteiger partial charge in [-0.1, -0.05) is 6.07 Å². The van der Waals surface area contributed by atoms with Gasteiger partial charge in [-0.15, -0.1) is 0 Å². The molecule has 1 amide bonds. The number of methoxy groups -OCH3 is 3. The summed E-state index contributed by atoms with van der Waals surface area (Å²) in [4.78, 5) is 30.2. The molecule has 10 heteroatoms. The molecule has 2 heterocycles. The SMILES string of the molecule is COc1ccc(-n2nc(C(=O)Nc3cccc(Oc4ccnc5cc(OC)c(OC)cc45)c3)c(C)cc2=O)cc1. The van der Waals surface area contributed by atoms with Crippen LogP contribution in [0.5, 0.6) is 28.7 Å². The van der Waals surface area contributed by atoms with Crippen molar-refractivity contribution in [1.29, 1.82) is 0 Å². The molecule has 0 fully saturated rings. The summed E-state index contributed by atoms with van der Waals surface area (Å²) in [5.74, 6) is 2.33. The third-order valence-corrected chi connectivity index (χ3v) is 6.18. The highest BCUT2D eigenvalue weighted by Crippen LogP contribution is 2.37. The monoisotopic (exact) mass is 538 g/mol. The van der Waals surface area contributed by atoms with Crippen molar-refractivity contribution in [2.75, 3.05) is 26.6 Å². The molecule has 5 aromatic rings. The lowest BCUT2D eigenvalue weighted by molar-refractivity contribution is 0.102. The lowest BCUT2D eigenvalue weighted by Gasteiger charge is -2.13. The van der Waals surface area contributed by atoms with Crippen molar-refractivity contribution in [2.24, 2.45) is 0 Å². The van der Waals surface area contributed by atoms with E-state index in [0.29, 0.717) is 51.2 Å². The second kappa shape index (κ2) is 11.2. The van der Waals surface area contributed by atoms with Gasteiger partial charge >= 0.3 is 0 Å². The fourth-order valence-corrected chi connectivity index (χ4v) is 4.17. The van der Waals surface area contributed by atoms with Gasteiger partial charge in [-0.3, -0.25) is 14.6 Å². The van der Waals surface area contributed by atoms with E-state index in [4.69, 9.17) is 18.9 Å². The van der Waals surface area contributed by atoms with Crippen molar-refractivity contribution in [1.82, 2.24) is 14.8 Å². The van der Waals surface area contributed by atoms with E-state index in [1.807, 2.05) is 0 Å². The first-order valence-electron chi connectivity index (χ1n) is 12.3. The third-order valence-electron chi connectivity index (χ3n) is 6.18. The van der Waals surface area contributed by atoms with Gasteiger partial charge in [0.15, 0.2) is 17.2 Å². The minimum absolute atomic E-state index is 0.114. The molecule has 0 aliphatic heterocycles. The van der Waals surface area contributed by atoms with E-state index in [0.717, 1.165) is 5.39 Å². The van der Waals surface area contributed by atoms with E-state index in [1.165, 1.54) is 10.7 Å². The Labute approximate surface area is 229 Å². The molecular formula is C30H26N4O6. The molecule has 3 aromatic carbocycles. The van der Waals surface area contributed by atoms with Crippen molar-refractivity contribution < 1.29 is 23.7 Å². The first kappa shape index (κ1) is 26.2. The largest absolute Gasteiger partial charge is 0.497 e. The Morgan fingerprint density at radius 2 is 1.57 bits per heavy atom. The maximum atomic E-state index is 13.2. The van der Waals surface area contributed by atoms with Crippen LogP contribution in [-0.2, 0) is 0 Å². The Hall–Kier alpha value is -5.38. The number of pyridine rings is 1. The molecule has 0 spiro atoms. The highest BCUT2D eigenvalue weighted by atomic mass is 16.5. The number of aromatic nitrogens is 3. The van der Waals surface area contributed by atoms with Crippen LogP contribution < -0.4 is 29.8 Å². The molecular weight excluding hydrogens is 512 g/mol. The Morgan fingerprint density at radius 3 is 2.30 bits per heavy atom. The van der Waals surface area contributed by atoms with E-state index >= 15 is 0 Å². The number of ether oxygens (including phenoxy) is 4. The molecule has 202 valence electrons. The quantitative estimate of drug-likeness (QED) is 0.288. The first-order valence-corrected chi connectivity index (χ1v) is 12.3.